The van der Waals surface area contributed by atoms with Gasteiger partial charge in [0.05, 0.1) is 30.4 Å². The van der Waals surface area contributed by atoms with Gasteiger partial charge in [0.25, 0.3) is 0 Å². The fraction of sp³-hybridized carbons (Fsp3) is 0.167. The number of unbranched alkanes of at least 4 members (excludes halogenated alkanes) is 1. The molecule has 170 valence electrons. The fourth-order valence-corrected chi connectivity index (χ4v) is 3.77. The van der Waals surface area contributed by atoms with Gasteiger partial charge in [-0.25, -0.2) is 13.1 Å². The summed E-state index contributed by atoms with van der Waals surface area (Å²) in [6.07, 6.45) is 5.49. The van der Waals surface area contributed by atoms with Crippen molar-refractivity contribution in [1.29, 1.82) is 5.26 Å². The van der Waals surface area contributed by atoms with Crippen LogP contribution in [0.25, 0.3) is 6.08 Å². The first-order valence-electron chi connectivity index (χ1n) is 10.2. The van der Waals surface area contributed by atoms with E-state index in [1.54, 1.807) is 54.6 Å². The minimum atomic E-state index is -3.68. The van der Waals surface area contributed by atoms with E-state index >= 15 is 0 Å². The number of carbonyl (C=O) groups excluding carboxylic acids is 1. The zero-order chi connectivity index (χ0) is 23.5. The smallest absolute Gasteiger partial charge is 0.248 e. The summed E-state index contributed by atoms with van der Waals surface area (Å²) in [5.74, 6) is 0.779. The van der Waals surface area contributed by atoms with E-state index < -0.39 is 10.0 Å². The summed E-state index contributed by atoms with van der Waals surface area (Å²) in [6.45, 7) is 0.484. The molecule has 0 saturated carbocycles. The van der Waals surface area contributed by atoms with Gasteiger partial charge >= 0.3 is 0 Å². The van der Waals surface area contributed by atoms with E-state index in [0.717, 1.165) is 0 Å². The highest BCUT2D eigenvalue weighted by Gasteiger charge is 2.14. The Morgan fingerprint density at radius 2 is 1.94 bits per heavy atom. The highest BCUT2D eigenvalue weighted by molar-refractivity contribution is 7.89. The molecule has 0 bridgehead atoms. The second-order valence-electron chi connectivity index (χ2n) is 6.93. The monoisotopic (exact) mass is 465 g/mol. The summed E-state index contributed by atoms with van der Waals surface area (Å²) in [4.78, 5) is 12.3. The zero-order valence-electron chi connectivity index (χ0n) is 17.7. The normalized spacial score (nSPS) is 11.2. The number of benzene rings is 2. The molecule has 0 saturated heterocycles. The van der Waals surface area contributed by atoms with Gasteiger partial charge in [0, 0.05) is 24.3 Å². The molecule has 8 nitrogen and oxygen atoms in total. The molecule has 2 N–H and O–H groups in total. The second-order valence-corrected chi connectivity index (χ2v) is 8.70. The molecule has 1 amide bonds. The Morgan fingerprint density at radius 3 is 2.67 bits per heavy atom. The number of furan rings is 1. The molecule has 3 rings (SSSR count). The lowest BCUT2D eigenvalue weighted by atomic mass is 10.2. The highest BCUT2D eigenvalue weighted by Crippen LogP contribution is 2.18. The van der Waals surface area contributed by atoms with Crippen LogP contribution < -0.4 is 14.8 Å². The number of anilines is 1. The maximum Gasteiger partial charge on any atom is 0.248 e. The molecule has 9 heteroatoms. The number of hydrogen-bond acceptors (Lipinski definition) is 6. The molecule has 0 atom stereocenters. The van der Waals surface area contributed by atoms with E-state index in [0.29, 0.717) is 42.2 Å². The van der Waals surface area contributed by atoms with Crippen LogP contribution in [0, 0.1) is 11.3 Å². The Hall–Kier alpha value is -3.87. The highest BCUT2D eigenvalue weighted by atomic mass is 32.2. The molecule has 33 heavy (non-hydrogen) atoms. The van der Waals surface area contributed by atoms with Crippen molar-refractivity contribution in [3.8, 4) is 11.8 Å². The van der Waals surface area contributed by atoms with E-state index in [-0.39, 0.29) is 17.3 Å². The number of ether oxygens (including phenoxy) is 1. The summed E-state index contributed by atoms with van der Waals surface area (Å²) in [5, 5.41) is 11.3. The predicted octanol–water partition coefficient (Wildman–Crippen LogP) is 4.09. The van der Waals surface area contributed by atoms with E-state index in [9.17, 15) is 13.2 Å². The third kappa shape index (κ3) is 7.64. The molecule has 0 spiro atoms. The number of carbonyl (C=O) groups is 1. The summed E-state index contributed by atoms with van der Waals surface area (Å²) in [6, 6.07) is 18.6. The Morgan fingerprint density at radius 1 is 1.12 bits per heavy atom. The van der Waals surface area contributed by atoms with Crippen LogP contribution in [0.4, 0.5) is 5.69 Å². The SMILES string of the molecule is N#CCCCOc1cccc(NC(=O)/C=C/c2ccc(S(=O)(=O)NCc3ccco3)cc2)c1. The molecule has 1 aromatic heterocycles. The van der Waals surface area contributed by atoms with Crippen molar-refractivity contribution in [3.63, 3.8) is 0 Å². The van der Waals surface area contributed by atoms with Crippen molar-refractivity contribution < 1.29 is 22.4 Å². The molecule has 3 aromatic rings. The summed E-state index contributed by atoms with van der Waals surface area (Å²) >= 11 is 0. The number of amides is 1. The van der Waals surface area contributed by atoms with Gasteiger partial charge in [-0.15, -0.1) is 0 Å². The van der Waals surface area contributed by atoms with Crippen LogP contribution in [-0.4, -0.2) is 20.9 Å². The predicted molar refractivity (Wildman–Crippen MR) is 124 cm³/mol. The van der Waals surface area contributed by atoms with Crippen LogP contribution in [-0.2, 0) is 21.4 Å². The minimum absolute atomic E-state index is 0.0588. The van der Waals surface area contributed by atoms with E-state index in [1.165, 1.54) is 24.5 Å². The average Bonchev–Trinajstić information content (AvgIpc) is 3.34. The first-order valence-corrected chi connectivity index (χ1v) is 11.7. The number of nitriles is 1. The van der Waals surface area contributed by atoms with E-state index in [1.807, 2.05) is 0 Å². The first kappa shape index (κ1) is 23.8. The number of rotatable bonds is 11. The van der Waals surface area contributed by atoms with Crippen LogP contribution in [0.2, 0.25) is 0 Å². The lowest BCUT2D eigenvalue weighted by Gasteiger charge is -2.07. The molecular weight excluding hydrogens is 442 g/mol. The molecule has 0 aliphatic heterocycles. The van der Waals surface area contributed by atoms with Crippen molar-refractivity contribution in [2.45, 2.75) is 24.3 Å². The minimum Gasteiger partial charge on any atom is -0.493 e. The Bertz CT molecular complexity index is 1230. The van der Waals surface area contributed by atoms with Gasteiger partial charge in [-0.3, -0.25) is 4.79 Å². The van der Waals surface area contributed by atoms with Crippen molar-refractivity contribution in [1.82, 2.24) is 4.72 Å². The van der Waals surface area contributed by atoms with Gasteiger partial charge in [-0.05, 0) is 54.5 Å². The zero-order valence-corrected chi connectivity index (χ0v) is 18.5. The van der Waals surface area contributed by atoms with Crippen LogP contribution in [0.1, 0.15) is 24.2 Å². The summed E-state index contributed by atoms with van der Waals surface area (Å²) in [5.41, 5.74) is 1.25. The van der Waals surface area contributed by atoms with Gasteiger partial charge in [0.1, 0.15) is 11.5 Å². The first-order chi connectivity index (χ1) is 16.0. The molecule has 0 aliphatic carbocycles. The lowest BCUT2D eigenvalue weighted by molar-refractivity contribution is -0.111. The van der Waals surface area contributed by atoms with Crippen molar-refractivity contribution >= 4 is 27.7 Å². The summed E-state index contributed by atoms with van der Waals surface area (Å²) < 4.78 is 37.9. The molecule has 2 aromatic carbocycles. The van der Waals surface area contributed by atoms with Gasteiger partial charge < -0.3 is 14.5 Å². The van der Waals surface area contributed by atoms with Crippen LogP contribution >= 0.6 is 0 Å². The van der Waals surface area contributed by atoms with Crippen molar-refractivity contribution in [2.24, 2.45) is 0 Å². The Balaban J connectivity index is 1.53. The largest absolute Gasteiger partial charge is 0.493 e. The summed E-state index contributed by atoms with van der Waals surface area (Å²) in [7, 11) is -3.68. The van der Waals surface area contributed by atoms with Gasteiger partial charge in [0.2, 0.25) is 15.9 Å². The van der Waals surface area contributed by atoms with E-state index in [4.69, 9.17) is 14.4 Å². The Labute approximate surface area is 192 Å². The topological polar surface area (TPSA) is 121 Å². The van der Waals surface area contributed by atoms with Crippen molar-refractivity contribution in [3.05, 3.63) is 84.3 Å². The maximum absolute atomic E-state index is 12.4. The van der Waals surface area contributed by atoms with E-state index in [2.05, 4.69) is 16.1 Å². The van der Waals surface area contributed by atoms with Crippen LogP contribution in [0.5, 0.6) is 5.75 Å². The number of nitrogens with zero attached hydrogens (tertiary/aromatic N) is 1. The van der Waals surface area contributed by atoms with Crippen LogP contribution in [0.3, 0.4) is 0 Å². The third-order valence-corrected chi connectivity index (χ3v) is 5.85. The third-order valence-electron chi connectivity index (χ3n) is 4.44. The fourth-order valence-electron chi connectivity index (χ4n) is 2.78. The van der Waals surface area contributed by atoms with Crippen molar-refractivity contribution in [2.75, 3.05) is 11.9 Å². The van der Waals surface area contributed by atoms with Gasteiger partial charge in [0.15, 0.2) is 0 Å². The number of nitrogens with one attached hydrogen (secondary N) is 2. The standard InChI is InChI=1S/C24H23N3O5S/c25-14-1-2-15-31-21-6-3-5-20(17-21)27-24(28)13-10-19-8-11-23(12-9-19)33(29,30)26-18-22-7-4-16-32-22/h3-13,16-17,26H,1-2,15,18H2,(H,27,28)/b13-10+. The van der Waals surface area contributed by atoms with Crippen LogP contribution in [0.15, 0.2) is 82.3 Å². The Kier molecular flexibility index (Phi) is 8.41. The molecule has 1 heterocycles. The average molecular weight is 466 g/mol. The van der Waals surface area contributed by atoms with Gasteiger partial charge in [-0.1, -0.05) is 18.2 Å². The molecule has 0 fully saturated rings. The second kappa shape index (κ2) is 11.7. The molecule has 0 unspecified atom stereocenters. The maximum atomic E-state index is 12.4. The quantitative estimate of drug-likeness (QED) is 0.325. The molecule has 0 radical (unpaired) electrons. The molecular formula is C24H23N3O5S. The van der Waals surface area contributed by atoms with Gasteiger partial charge in [-0.2, -0.15) is 5.26 Å². The lowest BCUT2D eigenvalue weighted by Crippen LogP contribution is -2.22. The molecule has 0 aliphatic rings. The number of sulfonamides is 1. The number of hydrogen-bond donors (Lipinski definition) is 2.